The monoisotopic (exact) mass is 321 g/mol. The van der Waals surface area contributed by atoms with Gasteiger partial charge in [0, 0.05) is 45.2 Å². The average molecular weight is 322 g/mol. The van der Waals surface area contributed by atoms with E-state index in [0.29, 0.717) is 17.1 Å². The van der Waals surface area contributed by atoms with Gasteiger partial charge in [0.25, 0.3) is 5.69 Å². The highest BCUT2D eigenvalue weighted by Gasteiger charge is 2.52. The standard InChI is InChI=1S/C14H12ClN3O2S/c15-11-5-9-13-10(6-16-17-13)12(11)14(9)21-8-3-1-7(2-4-8)18(19)20/h1-4,6,9,11-12,14H,5H2,(H,16,17)/t9-,11+,12-,14-/m0/s1. The van der Waals surface area contributed by atoms with Gasteiger partial charge in [-0.05, 0) is 24.1 Å². The molecule has 1 aromatic carbocycles. The number of aromatic amines is 1. The van der Waals surface area contributed by atoms with Crippen molar-refractivity contribution in [1.29, 1.82) is 0 Å². The molecule has 1 aromatic heterocycles. The number of H-pyrrole nitrogens is 1. The zero-order chi connectivity index (χ0) is 14.6. The van der Waals surface area contributed by atoms with Crippen LogP contribution in [-0.4, -0.2) is 25.7 Å². The third-order valence-corrected chi connectivity index (χ3v) is 6.26. The number of thioether (sulfide) groups is 1. The Balaban J connectivity index is 1.59. The van der Waals surface area contributed by atoms with Crippen LogP contribution in [-0.2, 0) is 0 Å². The van der Waals surface area contributed by atoms with Crippen LogP contribution in [0, 0.1) is 10.1 Å². The van der Waals surface area contributed by atoms with Crippen molar-refractivity contribution in [3.05, 3.63) is 51.8 Å². The summed E-state index contributed by atoms with van der Waals surface area (Å²) in [5, 5.41) is 18.5. The van der Waals surface area contributed by atoms with Crippen molar-refractivity contribution in [2.75, 3.05) is 0 Å². The minimum Gasteiger partial charge on any atom is -0.282 e. The third-order valence-electron chi connectivity index (χ3n) is 4.37. The van der Waals surface area contributed by atoms with E-state index in [4.69, 9.17) is 11.6 Å². The molecule has 1 heterocycles. The first-order valence-electron chi connectivity index (χ1n) is 6.73. The number of nitrogens with zero attached hydrogens (tertiary/aromatic N) is 2. The number of hydrogen-bond acceptors (Lipinski definition) is 4. The second-order valence-corrected chi connectivity index (χ2v) is 7.27. The van der Waals surface area contributed by atoms with Crippen molar-refractivity contribution >= 4 is 29.1 Å². The fourth-order valence-electron chi connectivity index (χ4n) is 3.46. The number of hydrogen-bond donors (Lipinski definition) is 1. The van der Waals surface area contributed by atoms with Crippen LogP contribution < -0.4 is 0 Å². The number of nitro groups is 1. The Labute approximate surface area is 130 Å². The van der Waals surface area contributed by atoms with Crippen molar-refractivity contribution in [2.24, 2.45) is 0 Å². The molecule has 1 saturated carbocycles. The van der Waals surface area contributed by atoms with Gasteiger partial charge in [-0.25, -0.2) is 0 Å². The van der Waals surface area contributed by atoms with Gasteiger partial charge < -0.3 is 0 Å². The van der Waals surface area contributed by atoms with Crippen LogP contribution in [0.15, 0.2) is 35.4 Å². The lowest BCUT2D eigenvalue weighted by molar-refractivity contribution is -0.384. The molecule has 0 spiro atoms. The van der Waals surface area contributed by atoms with Crippen LogP contribution in [0.2, 0.25) is 0 Å². The smallest absolute Gasteiger partial charge is 0.269 e. The minimum absolute atomic E-state index is 0.124. The number of rotatable bonds is 3. The number of halogens is 1. The van der Waals surface area contributed by atoms with Crippen LogP contribution >= 0.6 is 23.4 Å². The molecule has 5 nitrogen and oxygen atoms in total. The highest BCUT2D eigenvalue weighted by molar-refractivity contribution is 8.00. The van der Waals surface area contributed by atoms with Gasteiger partial charge in [0.05, 0.1) is 11.1 Å². The van der Waals surface area contributed by atoms with Crippen molar-refractivity contribution in [3.8, 4) is 0 Å². The molecule has 21 heavy (non-hydrogen) atoms. The molecule has 108 valence electrons. The number of nitrogens with one attached hydrogen (secondary N) is 1. The van der Waals surface area contributed by atoms with Gasteiger partial charge in [0.2, 0.25) is 0 Å². The molecule has 2 aliphatic rings. The molecule has 2 aliphatic carbocycles. The molecule has 0 unspecified atom stereocenters. The summed E-state index contributed by atoms with van der Waals surface area (Å²) in [4.78, 5) is 11.4. The average Bonchev–Trinajstić information content (AvgIpc) is 3.10. The summed E-state index contributed by atoms with van der Waals surface area (Å²) in [5.74, 6) is 0.709. The Bertz CT molecular complexity index is 702. The van der Waals surface area contributed by atoms with Gasteiger partial charge in [0.1, 0.15) is 0 Å². The van der Waals surface area contributed by atoms with Crippen LogP contribution in [0.5, 0.6) is 0 Å². The van der Waals surface area contributed by atoms with Crippen LogP contribution in [0.1, 0.15) is 29.5 Å². The summed E-state index contributed by atoms with van der Waals surface area (Å²) in [5.41, 5.74) is 2.58. The molecule has 1 N–H and O–H groups in total. The molecule has 1 fully saturated rings. The van der Waals surface area contributed by atoms with E-state index in [1.54, 1.807) is 23.9 Å². The lowest BCUT2D eigenvalue weighted by Crippen LogP contribution is -2.11. The van der Waals surface area contributed by atoms with E-state index in [0.717, 1.165) is 11.3 Å². The third kappa shape index (κ3) is 1.97. The Morgan fingerprint density at radius 3 is 2.86 bits per heavy atom. The summed E-state index contributed by atoms with van der Waals surface area (Å²) in [6, 6.07) is 6.74. The van der Waals surface area contributed by atoms with Gasteiger partial charge in [-0.3, -0.25) is 15.2 Å². The minimum atomic E-state index is -0.376. The molecule has 4 rings (SSSR count). The zero-order valence-corrected chi connectivity index (χ0v) is 12.5. The van der Waals surface area contributed by atoms with Crippen molar-refractivity contribution < 1.29 is 4.92 Å². The number of aromatic nitrogens is 2. The van der Waals surface area contributed by atoms with Crippen molar-refractivity contribution in [2.45, 2.75) is 33.8 Å². The van der Waals surface area contributed by atoms with Crippen molar-refractivity contribution in [1.82, 2.24) is 10.2 Å². The van der Waals surface area contributed by atoms with Crippen molar-refractivity contribution in [3.63, 3.8) is 0 Å². The van der Waals surface area contributed by atoms with E-state index < -0.39 is 0 Å². The Hall–Kier alpha value is -1.53. The summed E-state index contributed by atoms with van der Waals surface area (Å²) in [6.07, 6.45) is 2.85. The number of fused-ring (bicyclic) bond motifs is 5. The molecule has 0 amide bonds. The van der Waals surface area contributed by atoms with Gasteiger partial charge in [-0.2, -0.15) is 5.10 Å². The highest BCUT2D eigenvalue weighted by Crippen LogP contribution is 2.59. The first-order chi connectivity index (χ1) is 10.1. The van der Waals surface area contributed by atoms with Gasteiger partial charge >= 0.3 is 0 Å². The second-order valence-electron chi connectivity index (χ2n) is 5.46. The second kappa shape index (κ2) is 4.74. The molecule has 2 aromatic rings. The van der Waals surface area contributed by atoms with E-state index in [-0.39, 0.29) is 16.0 Å². The fourth-order valence-corrected chi connectivity index (χ4v) is 5.53. The Kier molecular flexibility index (Phi) is 2.97. The molecule has 7 heteroatoms. The van der Waals surface area contributed by atoms with Gasteiger partial charge in [-0.15, -0.1) is 23.4 Å². The van der Waals surface area contributed by atoms with E-state index in [9.17, 15) is 10.1 Å². The largest absolute Gasteiger partial charge is 0.282 e. The predicted molar refractivity (Wildman–Crippen MR) is 81.1 cm³/mol. The summed E-state index contributed by atoms with van der Waals surface area (Å²) >= 11 is 8.24. The van der Waals surface area contributed by atoms with E-state index in [2.05, 4.69) is 10.2 Å². The van der Waals surface area contributed by atoms with Gasteiger partial charge in [0.15, 0.2) is 0 Å². The lowest BCUT2D eigenvalue weighted by atomic mass is 9.98. The molecule has 4 atom stereocenters. The van der Waals surface area contributed by atoms with Crippen LogP contribution in [0.25, 0.3) is 0 Å². The predicted octanol–water partition coefficient (Wildman–Crippen LogP) is 3.67. The summed E-state index contributed by atoms with van der Waals surface area (Å²) in [7, 11) is 0. The molecule has 0 saturated heterocycles. The molecule has 2 bridgehead atoms. The zero-order valence-electron chi connectivity index (χ0n) is 10.9. The molecular formula is C14H12ClN3O2S. The summed E-state index contributed by atoms with van der Waals surface area (Å²) in [6.45, 7) is 0. The van der Waals surface area contributed by atoms with Crippen LogP contribution in [0.4, 0.5) is 5.69 Å². The SMILES string of the molecule is O=[N+]([O-])c1ccc(S[C@@H]2[C@H]3c4cn[nH]c4[C@@H]2C[C@H]3Cl)cc1. The van der Waals surface area contributed by atoms with E-state index in [1.165, 1.54) is 11.3 Å². The maximum atomic E-state index is 10.7. The topological polar surface area (TPSA) is 71.8 Å². The first-order valence-corrected chi connectivity index (χ1v) is 8.05. The highest BCUT2D eigenvalue weighted by atomic mass is 35.5. The lowest BCUT2D eigenvalue weighted by Gasteiger charge is -2.16. The number of nitro benzene ring substituents is 1. The molecular weight excluding hydrogens is 310 g/mol. The van der Waals surface area contributed by atoms with E-state index >= 15 is 0 Å². The maximum Gasteiger partial charge on any atom is 0.269 e. The first kappa shape index (κ1) is 13.2. The molecule has 0 aliphatic heterocycles. The van der Waals surface area contributed by atoms with Gasteiger partial charge in [-0.1, -0.05) is 0 Å². The molecule has 0 radical (unpaired) electrons. The number of non-ortho nitro benzene ring substituents is 1. The Morgan fingerprint density at radius 1 is 1.38 bits per heavy atom. The quantitative estimate of drug-likeness (QED) is 0.532. The number of alkyl halides is 1. The maximum absolute atomic E-state index is 10.7. The normalized spacial score (nSPS) is 29.6. The number of benzene rings is 1. The fraction of sp³-hybridized carbons (Fsp3) is 0.357. The van der Waals surface area contributed by atoms with Crippen LogP contribution in [0.3, 0.4) is 0 Å². The Morgan fingerprint density at radius 2 is 2.14 bits per heavy atom. The summed E-state index contributed by atoms with van der Waals surface area (Å²) < 4.78 is 0. The van der Waals surface area contributed by atoms with E-state index in [1.807, 2.05) is 18.3 Å².